The molecule has 2 N–H and O–H groups in total. The van der Waals surface area contributed by atoms with Gasteiger partial charge in [-0.2, -0.15) is 4.98 Å². The van der Waals surface area contributed by atoms with E-state index >= 15 is 0 Å². The van der Waals surface area contributed by atoms with Crippen molar-refractivity contribution in [2.24, 2.45) is 0 Å². The number of hydrogen-bond donors (Lipinski definition) is 2. The summed E-state index contributed by atoms with van der Waals surface area (Å²) in [4.78, 5) is 27.2. The number of likely N-dealkylation sites (N-methyl/N-ethyl adjacent to an activating group) is 1. The van der Waals surface area contributed by atoms with Gasteiger partial charge in [-0.1, -0.05) is 19.6 Å². The molecular weight excluding hydrogens is 554 g/mol. The Kier molecular flexibility index (Phi) is 9.06. The lowest BCUT2D eigenvalue weighted by molar-refractivity contribution is 0.0982. The Bertz CT molecular complexity index is 1580. The van der Waals surface area contributed by atoms with Crippen LogP contribution in [0.15, 0.2) is 60.4 Å². The zero-order chi connectivity index (χ0) is 29.8. The topological polar surface area (TPSA) is 85.3 Å². The maximum Gasteiger partial charge on any atom is 0.229 e. The van der Waals surface area contributed by atoms with Gasteiger partial charge in [0.1, 0.15) is 11.3 Å². The van der Waals surface area contributed by atoms with Crippen LogP contribution in [0.4, 0.5) is 28.8 Å². The summed E-state index contributed by atoms with van der Waals surface area (Å²) in [6, 6.07) is 11.4. The highest BCUT2D eigenvalue weighted by molar-refractivity contribution is 7.99. The fourth-order valence-corrected chi connectivity index (χ4v) is 6.88. The van der Waals surface area contributed by atoms with Crippen LogP contribution in [0.1, 0.15) is 30.9 Å². The Morgan fingerprint density at radius 1 is 0.977 bits per heavy atom. The van der Waals surface area contributed by atoms with Crippen molar-refractivity contribution < 1.29 is 0 Å². The summed E-state index contributed by atoms with van der Waals surface area (Å²) in [6.45, 7) is 13.2. The van der Waals surface area contributed by atoms with Crippen LogP contribution in [0.3, 0.4) is 0 Å². The summed E-state index contributed by atoms with van der Waals surface area (Å²) in [5, 5.41) is 6.95. The van der Waals surface area contributed by atoms with Gasteiger partial charge in [0.2, 0.25) is 5.95 Å². The molecule has 0 bridgehead atoms. The minimum atomic E-state index is 0.530. The molecule has 2 aromatic heterocycles. The molecule has 0 saturated carbocycles. The average Bonchev–Trinajstić information content (AvgIpc) is 3.05. The quantitative estimate of drug-likeness (QED) is 0.223. The number of aromatic nitrogens is 4. The van der Waals surface area contributed by atoms with E-state index < -0.39 is 0 Å². The third-order valence-electron chi connectivity index (χ3n) is 8.66. The van der Waals surface area contributed by atoms with Crippen molar-refractivity contribution in [3.63, 3.8) is 0 Å². The first-order valence-corrected chi connectivity index (χ1v) is 16.4. The fourth-order valence-electron chi connectivity index (χ4n) is 6.19. The highest BCUT2D eigenvalue weighted by Crippen LogP contribution is 2.35. The normalized spacial score (nSPS) is 16.9. The predicted molar refractivity (Wildman–Crippen MR) is 180 cm³/mol. The van der Waals surface area contributed by atoms with Gasteiger partial charge >= 0.3 is 0 Å². The number of rotatable bonds is 9. The summed E-state index contributed by atoms with van der Waals surface area (Å²) >= 11 is 1.63. The van der Waals surface area contributed by atoms with Crippen LogP contribution in [-0.4, -0.2) is 88.3 Å². The average molecular weight is 596 g/mol. The maximum absolute atomic E-state index is 4.85. The van der Waals surface area contributed by atoms with Crippen LogP contribution < -0.4 is 15.5 Å². The molecule has 4 aromatic rings. The molecule has 9 nitrogen and oxygen atoms in total. The minimum Gasteiger partial charge on any atom is -0.371 e. The maximum atomic E-state index is 4.85. The van der Waals surface area contributed by atoms with Gasteiger partial charge in [0, 0.05) is 80.8 Å². The molecule has 2 aliphatic heterocycles. The van der Waals surface area contributed by atoms with Crippen molar-refractivity contribution in [2.45, 2.75) is 37.1 Å². The van der Waals surface area contributed by atoms with E-state index in [-0.39, 0.29) is 0 Å². The second kappa shape index (κ2) is 13.3. The third kappa shape index (κ3) is 6.46. The van der Waals surface area contributed by atoms with Gasteiger partial charge in [-0.05, 0) is 68.5 Å². The zero-order valence-electron chi connectivity index (χ0n) is 25.4. The van der Waals surface area contributed by atoms with Gasteiger partial charge in [-0.25, -0.2) is 4.98 Å². The van der Waals surface area contributed by atoms with Crippen molar-refractivity contribution in [3.05, 3.63) is 66.6 Å². The second-order valence-electron chi connectivity index (χ2n) is 11.3. The van der Waals surface area contributed by atoms with Crippen molar-refractivity contribution in [3.8, 4) is 0 Å². The number of benzene rings is 2. The third-order valence-corrected chi connectivity index (χ3v) is 9.49. The lowest BCUT2D eigenvalue weighted by Crippen LogP contribution is -2.52. The molecular formula is C33H41N9S. The molecule has 6 rings (SSSR count). The number of nitrogens with zero attached hydrogens (tertiary/aromatic N) is 7. The summed E-state index contributed by atoms with van der Waals surface area (Å²) in [5.41, 5.74) is 7.13. The van der Waals surface area contributed by atoms with Crippen molar-refractivity contribution in [2.75, 3.05) is 68.1 Å². The van der Waals surface area contributed by atoms with Crippen LogP contribution >= 0.6 is 11.8 Å². The van der Waals surface area contributed by atoms with Gasteiger partial charge in [-0.3, -0.25) is 14.9 Å². The molecule has 10 heteroatoms. The highest BCUT2D eigenvalue weighted by atomic mass is 32.2. The van der Waals surface area contributed by atoms with Gasteiger partial charge in [0.15, 0.2) is 0 Å². The van der Waals surface area contributed by atoms with Crippen molar-refractivity contribution >= 4 is 57.7 Å². The van der Waals surface area contributed by atoms with E-state index in [1.54, 1.807) is 36.4 Å². The number of anilines is 5. The van der Waals surface area contributed by atoms with Crippen molar-refractivity contribution in [1.82, 2.24) is 29.7 Å². The monoisotopic (exact) mass is 595 g/mol. The number of hydrogen-bond acceptors (Lipinski definition) is 10. The molecule has 2 aromatic carbocycles. The smallest absolute Gasteiger partial charge is 0.229 e. The Balaban J connectivity index is 1.17. The summed E-state index contributed by atoms with van der Waals surface area (Å²) in [7, 11) is 2.23. The second-order valence-corrected chi connectivity index (χ2v) is 12.1. The molecule has 4 heterocycles. The van der Waals surface area contributed by atoms with Gasteiger partial charge in [-0.15, -0.1) is 11.8 Å². The molecule has 0 spiro atoms. The first-order chi connectivity index (χ1) is 21.1. The first kappa shape index (κ1) is 29.3. The molecule has 0 radical (unpaired) electrons. The highest BCUT2D eigenvalue weighted by Gasteiger charge is 2.27. The number of piperidine rings is 1. The summed E-state index contributed by atoms with van der Waals surface area (Å²) in [6.07, 6.45) is 12.5. The van der Waals surface area contributed by atoms with Crippen molar-refractivity contribution in [1.29, 1.82) is 0 Å². The molecule has 224 valence electrons. The van der Waals surface area contributed by atoms with E-state index in [0.717, 1.165) is 52.4 Å². The predicted octanol–water partition coefficient (Wildman–Crippen LogP) is 6.05. The molecule has 0 amide bonds. The largest absolute Gasteiger partial charge is 0.371 e. The summed E-state index contributed by atoms with van der Waals surface area (Å²) < 4.78 is 0. The van der Waals surface area contributed by atoms with Crippen LogP contribution in [0.2, 0.25) is 0 Å². The molecule has 0 atom stereocenters. The van der Waals surface area contributed by atoms with Crippen LogP contribution in [0, 0.1) is 0 Å². The summed E-state index contributed by atoms with van der Waals surface area (Å²) in [5.74, 6) is 1.21. The number of piperazine rings is 1. The Morgan fingerprint density at radius 2 is 1.77 bits per heavy atom. The number of fused-ring (bicyclic) bond motifs is 1. The van der Waals surface area contributed by atoms with Crippen LogP contribution in [0.5, 0.6) is 0 Å². The minimum absolute atomic E-state index is 0.530. The SMILES string of the molecule is C=Cc1cnc(Nc2ccc(N3CCC(N4CCN(C)CC4)CC3)c(CC)c2)nc1Nc1ccc2nccnc2c1SC. The lowest BCUT2D eigenvalue weighted by Gasteiger charge is -2.43. The molecule has 43 heavy (non-hydrogen) atoms. The Morgan fingerprint density at radius 3 is 2.51 bits per heavy atom. The Hall–Kier alpha value is -3.73. The van der Waals surface area contributed by atoms with Crippen LogP contribution in [0.25, 0.3) is 17.1 Å². The van der Waals surface area contributed by atoms with E-state index in [4.69, 9.17) is 4.98 Å². The van der Waals surface area contributed by atoms with E-state index in [2.05, 4.69) is 79.0 Å². The number of nitrogens with one attached hydrogen (secondary N) is 2. The molecule has 0 unspecified atom stereocenters. The van der Waals surface area contributed by atoms with Gasteiger partial charge in [0.05, 0.1) is 16.1 Å². The van der Waals surface area contributed by atoms with E-state index in [9.17, 15) is 0 Å². The molecule has 0 aliphatic carbocycles. The lowest BCUT2D eigenvalue weighted by atomic mass is 10.00. The number of thioether (sulfide) groups is 1. The van der Waals surface area contributed by atoms with Gasteiger partial charge in [0.25, 0.3) is 0 Å². The molecule has 2 aliphatic rings. The molecule has 2 fully saturated rings. The van der Waals surface area contributed by atoms with Gasteiger partial charge < -0.3 is 20.4 Å². The van der Waals surface area contributed by atoms with E-state index in [0.29, 0.717) is 17.8 Å². The molecule has 2 saturated heterocycles. The first-order valence-electron chi connectivity index (χ1n) is 15.2. The fraction of sp³-hybridized carbons (Fsp3) is 0.394. The zero-order valence-corrected chi connectivity index (χ0v) is 26.2. The standard InChI is InChI=1S/C33H41N9S/c1-5-23-21-25(7-10-29(23)42-15-11-26(12-16-42)41-19-17-40(3)18-20-41)37-33-36-22-24(6-2)32(39-33)38-28-9-8-27-30(31(28)43-4)35-14-13-34-27/h6-10,13-14,21-22,26H,2,5,11-12,15-20H2,1,3-4H3,(H2,36,37,38,39). The number of aryl methyl sites for hydroxylation is 1. The van der Waals surface area contributed by atoms with Crippen LogP contribution in [-0.2, 0) is 6.42 Å². The van der Waals surface area contributed by atoms with E-state index in [1.165, 1.54) is 50.3 Å². The van der Waals surface area contributed by atoms with E-state index in [1.807, 2.05) is 18.4 Å². The Labute approximate surface area is 258 Å².